The van der Waals surface area contributed by atoms with Gasteiger partial charge in [0, 0.05) is 0 Å². The first kappa shape index (κ1) is 24.3. The van der Waals surface area contributed by atoms with Crippen LogP contribution in [-0.2, 0) is 21.1 Å². The molecule has 2 nitrogen and oxygen atoms in total. The van der Waals surface area contributed by atoms with Gasteiger partial charge in [-0.2, -0.15) is 0 Å². The molecule has 29 heavy (non-hydrogen) atoms. The van der Waals surface area contributed by atoms with Crippen LogP contribution >= 0.6 is 0 Å². The summed E-state index contributed by atoms with van der Waals surface area (Å²) in [6.07, 6.45) is 4.52. The molecule has 2 aromatic carbocycles. The molecule has 0 saturated carbocycles. The van der Waals surface area contributed by atoms with Crippen molar-refractivity contribution in [1.29, 1.82) is 0 Å². The van der Waals surface area contributed by atoms with Gasteiger partial charge in [-0.25, -0.2) is 0 Å². The predicted molar refractivity (Wildman–Crippen MR) is 134 cm³/mol. The molecule has 0 spiro atoms. The monoisotopic (exact) mass is 444 g/mol. The minimum atomic E-state index is -2.25. The van der Waals surface area contributed by atoms with Crippen molar-refractivity contribution in [3.8, 4) is 0 Å². The molecule has 0 N–H and O–H groups in total. The normalized spacial score (nSPS) is 12.9. The van der Waals surface area contributed by atoms with E-state index in [1.807, 2.05) is 0 Å². The van der Waals surface area contributed by atoms with Crippen LogP contribution in [0.5, 0.6) is 0 Å². The minimum Gasteiger partial charge on any atom is -0.436 e. The highest BCUT2D eigenvalue weighted by molar-refractivity contribution is 6.88. The Morgan fingerprint density at radius 1 is 0.552 bits per heavy atom. The maximum Gasteiger partial charge on any atom is 0.317 e. The summed E-state index contributed by atoms with van der Waals surface area (Å²) in [5, 5.41) is 0. The largest absolute Gasteiger partial charge is 0.436 e. The molecule has 5 heteroatoms. The Bertz CT molecular complexity index is 643. The van der Waals surface area contributed by atoms with Crippen molar-refractivity contribution < 1.29 is 8.23 Å². The van der Waals surface area contributed by atoms with E-state index >= 15 is 0 Å². The Morgan fingerprint density at radius 3 is 1.21 bits per heavy atom. The first-order valence-electron chi connectivity index (χ1n) is 11.1. The number of rotatable bonds is 12. The molecule has 0 aliphatic carbocycles. The summed E-state index contributed by atoms with van der Waals surface area (Å²) in [6.45, 7) is 13.9. The number of aryl methyl sites for hydroxylation is 2. The molecule has 0 amide bonds. The van der Waals surface area contributed by atoms with Gasteiger partial charge < -0.3 is 8.23 Å². The fraction of sp³-hybridized carbons (Fsp3) is 0.500. The molecular weight excluding hydrogens is 405 g/mol. The van der Waals surface area contributed by atoms with Crippen LogP contribution in [-0.4, -0.2) is 25.2 Å². The van der Waals surface area contributed by atoms with Crippen LogP contribution in [0.2, 0.25) is 51.4 Å². The lowest BCUT2D eigenvalue weighted by Crippen LogP contribution is -2.54. The highest BCUT2D eigenvalue weighted by Crippen LogP contribution is 2.31. The standard InChI is InChI=1S/C24H40O2Si3/c1-27(2,3)25-29(26-28(4,5)6,21-13-19-23-15-9-7-10-16-23)22-14-20-24-17-11-8-12-18-24/h7-12,15-18H,13-14,19-22H2,1-6H3. The van der Waals surface area contributed by atoms with Gasteiger partial charge in [0.25, 0.3) is 0 Å². The molecule has 0 aliphatic heterocycles. The lowest BCUT2D eigenvalue weighted by Gasteiger charge is -2.41. The lowest BCUT2D eigenvalue weighted by atomic mass is 10.1. The summed E-state index contributed by atoms with van der Waals surface area (Å²) >= 11 is 0. The van der Waals surface area contributed by atoms with Crippen molar-refractivity contribution in [3.63, 3.8) is 0 Å². The first-order chi connectivity index (χ1) is 13.6. The molecule has 0 unspecified atom stereocenters. The summed E-state index contributed by atoms with van der Waals surface area (Å²) < 4.78 is 13.9. The zero-order chi connectivity index (χ0) is 21.4. The van der Waals surface area contributed by atoms with Crippen molar-refractivity contribution in [3.05, 3.63) is 71.8 Å². The van der Waals surface area contributed by atoms with Crippen molar-refractivity contribution in [2.24, 2.45) is 0 Å². The first-order valence-corrected chi connectivity index (χ1v) is 20.1. The van der Waals surface area contributed by atoms with Crippen molar-refractivity contribution in [2.75, 3.05) is 0 Å². The zero-order valence-electron chi connectivity index (χ0n) is 19.3. The third-order valence-electron chi connectivity index (χ3n) is 4.72. The molecule has 160 valence electrons. The fourth-order valence-corrected chi connectivity index (χ4v) is 16.7. The smallest absolute Gasteiger partial charge is 0.317 e. The quantitative estimate of drug-likeness (QED) is 0.317. The summed E-state index contributed by atoms with van der Waals surface area (Å²) in [6, 6.07) is 23.9. The van der Waals surface area contributed by atoms with Gasteiger partial charge >= 0.3 is 8.56 Å². The van der Waals surface area contributed by atoms with E-state index in [0.717, 1.165) is 37.8 Å². The minimum absolute atomic E-state index is 1.10. The second-order valence-corrected chi connectivity index (χ2v) is 22.9. The topological polar surface area (TPSA) is 18.5 Å². The van der Waals surface area contributed by atoms with Gasteiger partial charge in [0.1, 0.15) is 0 Å². The molecule has 0 bridgehead atoms. The van der Waals surface area contributed by atoms with Gasteiger partial charge in [-0.05, 0) is 88.2 Å². The van der Waals surface area contributed by atoms with Crippen molar-refractivity contribution in [2.45, 2.75) is 77.1 Å². The Balaban J connectivity index is 2.11. The summed E-state index contributed by atoms with van der Waals surface area (Å²) in [4.78, 5) is 0. The second-order valence-electron chi connectivity index (χ2n) is 10.0. The van der Waals surface area contributed by atoms with Gasteiger partial charge in [0.05, 0.1) is 0 Å². The Morgan fingerprint density at radius 2 is 0.897 bits per heavy atom. The SMILES string of the molecule is C[Si](C)(C)O[Si](CCCc1ccccc1)(CCCc1ccccc1)O[Si](C)(C)C. The molecular formula is C24H40O2Si3. The van der Waals surface area contributed by atoms with E-state index < -0.39 is 25.2 Å². The van der Waals surface area contributed by atoms with Crippen LogP contribution in [0.4, 0.5) is 0 Å². The van der Waals surface area contributed by atoms with Gasteiger partial charge in [-0.15, -0.1) is 0 Å². The van der Waals surface area contributed by atoms with Crippen LogP contribution in [0, 0.1) is 0 Å². The van der Waals surface area contributed by atoms with Crippen molar-refractivity contribution in [1.82, 2.24) is 0 Å². The number of hydrogen-bond donors (Lipinski definition) is 0. The molecule has 0 heterocycles. The second kappa shape index (κ2) is 10.9. The molecule has 0 aromatic heterocycles. The van der Waals surface area contributed by atoms with E-state index in [1.165, 1.54) is 11.1 Å². The summed E-state index contributed by atoms with van der Waals surface area (Å²) in [5.41, 5.74) is 2.83. The van der Waals surface area contributed by atoms with Crippen LogP contribution in [0.3, 0.4) is 0 Å². The highest BCUT2D eigenvalue weighted by Gasteiger charge is 2.43. The van der Waals surface area contributed by atoms with Gasteiger partial charge in [0.15, 0.2) is 16.6 Å². The van der Waals surface area contributed by atoms with Crippen LogP contribution in [0.25, 0.3) is 0 Å². The van der Waals surface area contributed by atoms with Gasteiger partial charge in [0.2, 0.25) is 0 Å². The van der Waals surface area contributed by atoms with E-state index in [0.29, 0.717) is 0 Å². The number of hydrogen-bond acceptors (Lipinski definition) is 2. The maximum absolute atomic E-state index is 6.97. The molecule has 0 radical (unpaired) electrons. The van der Waals surface area contributed by atoms with Crippen LogP contribution in [0.1, 0.15) is 24.0 Å². The third-order valence-corrected chi connectivity index (χ3v) is 14.8. The van der Waals surface area contributed by atoms with Gasteiger partial charge in [-0.1, -0.05) is 60.7 Å². The predicted octanol–water partition coefficient (Wildman–Crippen LogP) is 7.40. The molecule has 0 atom stereocenters. The summed E-state index contributed by atoms with van der Waals surface area (Å²) in [5.74, 6) is 0. The van der Waals surface area contributed by atoms with Gasteiger partial charge in [-0.3, -0.25) is 0 Å². The summed E-state index contributed by atoms with van der Waals surface area (Å²) in [7, 11) is -5.63. The van der Waals surface area contributed by atoms with E-state index in [4.69, 9.17) is 8.23 Å². The highest BCUT2D eigenvalue weighted by atomic mass is 28.5. The van der Waals surface area contributed by atoms with Crippen LogP contribution in [0.15, 0.2) is 60.7 Å². The molecule has 0 aliphatic rings. The van der Waals surface area contributed by atoms with E-state index in [9.17, 15) is 0 Å². The number of benzene rings is 2. The average Bonchev–Trinajstić information content (AvgIpc) is 2.60. The van der Waals surface area contributed by atoms with E-state index in [-0.39, 0.29) is 0 Å². The molecule has 0 saturated heterocycles. The zero-order valence-corrected chi connectivity index (χ0v) is 22.3. The lowest BCUT2D eigenvalue weighted by molar-refractivity contribution is 0.367. The Kier molecular flexibility index (Phi) is 9.10. The Labute approximate surface area is 182 Å². The third kappa shape index (κ3) is 10.0. The van der Waals surface area contributed by atoms with E-state index in [1.54, 1.807) is 0 Å². The Hall–Kier alpha value is -0.989. The fourth-order valence-electron chi connectivity index (χ4n) is 3.88. The molecule has 2 aromatic rings. The van der Waals surface area contributed by atoms with E-state index in [2.05, 4.69) is 99.9 Å². The van der Waals surface area contributed by atoms with Crippen molar-refractivity contribution >= 4 is 25.2 Å². The maximum atomic E-state index is 6.97. The van der Waals surface area contributed by atoms with Crippen LogP contribution < -0.4 is 0 Å². The molecule has 0 fully saturated rings. The molecule has 2 rings (SSSR count). The average molecular weight is 445 g/mol.